The predicted molar refractivity (Wildman–Crippen MR) is 59.7 cm³/mol. The highest BCUT2D eigenvalue weighted by Crippen LogP contribution is 2.11. The number of hydrogen-bond donors (Lipinski definition) is 1. The lowest BCUT2D eigenvalue weighted by Crippen LogP contribution is -2.47. The standard InChI is InChI=1S/C11H22N2O2/c1-8(2)10(11(14)15-4)12-9-5-6-13(3)7-9/h8-10,12H,5-7H2,1-4H3. The molecule has 88 valence electrons. The molecule has 1 fully saturated rings. The van der Waals surface area contributed by atoms with Gasteiger partial charge >= 0.3 is 5.97 Å². The lowest BCUT2D eigenvalue weighted by Gasteiger charge is -2.23. The number of nitrogens with one attached hydrogen (secondary N) is 1. The second-order valence-electron chi connectivity index (χ2n) is 4.66. The molecule has 2 atom stereocenters. The van der Waals surface area contributed by atoms with Crippen molar-refractivity contribution < 1.29 is 9.53 Å². The van der Waals surface area contributed by atoms with Crippen molar-refractivity contribution in [1.29, 1.82) is 0 Å². The van der Waals surface area contributed by atoms with Gasteiger partial charge in [-0.2, -0.15) is 0 Å². The van der Waals surface area contributed by atoms with Crippen LogP contribution in [0.4, 0.5) is 0 Å². The fourth-order valence-electron chi connectivity index (χ4n) is 1.98. The van der Waals surface area contributed by atoms with Gasteiger partial charge in [-0.25, -0.2) is 0 Å². The molecule has 1 aliphatic rings. The van der Waals surface area contributed by atoms with E-state index in [4.69, 9.17) is 4.74 Å². The third-order valence-electron chi connectivity index (χ3n) is 2.93. The fourth-order valence-corrected chi connectivity index (χ4v) is 1.98. The molecule has 0 aromatic heterocycles. The van der Waals surface area contributed by atoms with E-state index in [1.165, 1.54) is 7.11 Å². The number of hydrogen-bond acceptors (Lipinski definition) is 4. The van der Waals surface area contributed by atoms with E-state index in [9.17, 15) is 4.79 Å². The number of carbonyl (C=O) groups is 1. The summed E-state index contributed by atoms with van der Waals surface area (Å²) in [4.78, 5) is 13.8. The molecule has 1 aliphatic heterocycles. The molecule has 0 saturated carbocycles. The zero-order valence-electron chi connectivity index (χ0n) is 10.1. The molecular formula is C11H22N2O2. The number of ether oxygens (including phenoxy) is 1. The van der Waals surface area contributed by atoms with E-state index in [-0.39, 0.29) is 17.9 Å². The second kappa shape index (κ2) is 5.47. The van der Waals surface area contributed by atoms with Crippen LogP contribution in [-0.2, 0) is 9.53 Å². The highest BCUT2D eigenvalue weighted by atomic mass is 16.5. The van der Waals surface area contributed by atoms with Gasteiger partial charge in [0.25, 0.3) is 0 Å². The minimum atomic E-state index is -0.175. The van der Waals surface area contributed by atoms with Crippen molar-refractivity contribution in [2.24, 2.45) is 5.92 Å². The first-order valence-corrected chi connectivity index (χ1v) is 5.57. The van der Waals surface area contributed by atoms with Crippen LogP contribution >= 0.6 is 0 Å². The summed E-state index contributed by atoms with van der Waals surface area (Å²) in [5.41, 5.74) is 0. The maximum atomic E-state index is 11.5. The molecule has 4 heteroatoms. The van der Waals surface area contributed by atoms with Crippen molar-refractivity contribution in [3.05, 3.63) is 0 Å². The van der Waals surface area contributed by atoms with Crippen LogP contribution in [0.25, 0.3) is 0 Å². The number of rotatable bonds is 4. The number of methoxy groups -OCH3 is 1. The van der Waals surface area contributed by atoms with Gasteiger partial charge in [-0.3, -0.25) is 4.79 Å². The number of nitrogens with zero attached hydrogens (tertiary/aromatic N) is 1. The Morgan fingerprint density at radius 3 is 2.60 bits per heavy atom. The van der Waals surface area contributed by atoms with Crippen LogP contribution in [-0.4, -0.2) is 50.2 Å². The number of esters is 1. The van der Waals surface area contributed by atoms with Gasteiger partial charge in [0.15, 0.2) is 0 Å². The third-order valence-corrected chi connectivity index (χ3v) is 2.93. The van der Waals surface area contributed by atoms with E-state index >= 15 is 0 Å². The van der Waals surface area contributed by atoms with Gasteiger partial charge in [-0.05, 0) is 25.9 Å². The van der Waals surface area contributed by atoms with Crippen LogP contribution in [0.5, 0.6) is 0 Å². The normalized spacial score (nSPS) is 24.5. The molecule has 1 N–H and O–H groups in total. The summed E-state index contributed by atoms with van der Waals surface area (Å²) in [5, 5.41) is 3.38. The SMILES string of the molecule is COC(=O)C(NC1CCN(C)C1)C(C)C. The first-order valence-electron chi connectivity index (χ1n) is 5.57. The van der Waals surface area contributed by atoms with Gasteiger partial charge in [0.1, 0.15) is 6.04 Å². The second-order valence-corrected chi connectivity index (χ2v) is 4.66. The summed E-state index contributed by atoms with van der Waals surface area (Å²) in [7, 11) is 3.55. The van der Waals surface area contributed by atoms with E-state index in [0.717, 1.165) is 19.5 Å². The van der Waals surface area contributed by atoms with Gasteiger partial charge in [-0.15, -0.1) is 0 Å². The van der Waals surface area contributed by atoms with E-state index in [1.807, 2.05) is 13.8 Å². The molecule has 1 rings (SSSR count). The van der Waals surface area contributed by atoms with Crippen LogP contribution in [0.2, 0.25) is 0 Å². The van der Waals surface area contributed by atoms with Gasteiger partial charge in [-0.1, -0.05) is 13.8 Å². The summed E-state index contributed by atoms with van der Waals surface area (Å²) >= 11 is 0. The molecule has 2 unspecified atom stereocenters. The first kappa shape index (κ1) is 12.5. The summed E-state index contributed by atoms with van der Waals surface area (Å²) in [6, 6.07) is 0.244. The van der Waals surface area contributed by atoms with Crippen molar-refractivity contribution in [1.82, 2.24) is 10.2 Å². The Morgan fingerprint density at radius 2 is 2.20 bits per heavy atom. The molecule has 1 heterocycles. The molecule has 0 aromatic carbocycles. The topological polar surface area (TPSA) is 41.6 Å². The van der Waals surface area contributed by atoms with Gasteiger partial charge in [0, 0.05) is 12.6 Å². The summed E-state index contributed by atoms with van der Waals surface area (Å²) in [6.07, 6.45) is 1.11. The van der Waals surface area contributed by atoms with E-state index < -0.39 is 0 Å². The lowest BCUT2D eigenvalue weighted by molar-refractivity contribution is -0.144. The molecular weight excluding hydrogens is 192 g/mol. The monoisotopic (exact) mass is 214 g/mol. The van der Waals surface area contributed by atoms with Gasteiger partial charge in [0.2, 0.25) is 0 Å². The van der Waals surface area contributed by atoms with E-state index in [1.54, 1.807) is 0 Å². The Balaban J connectivity index is 2.48. The molecule has 15 heavy (non-hydrogen) atoms. The van der Waals surface area contributed by atoms with E-state index in [2.05, 4.69) is 17.3 Å². The largest absolute Gasteiger partial charge is 0.468 e. The molecule has 0 radical (unpaired) electrons. The smallest absolute Gasteiger partial charge is 0.323 e. The summed E-state index contributed by atoms with van der Waals surface area (Å²) in [5.74, 6) is 0.114. The highest BCUT2D eigenvalue weighted by Gasteiger charge is 2.28. The predicted octanol–water partition coefficient (Wildman–Crippen LogP) is 0.478. The van der Waals surface area contributed by atoms with Crippen molar-refractivity contribution in [3.63, 3.8) is 0 Å². The fraction of sp³-hybridized carbons (Fsp3) is 0.909. The Bertz CT molecular complexity index is 219. The molecule has 4 nitrogen and oxygen atoms in total. The number of carbonyl (C=O) groups excluding carboxylic acids is 1. The summed E-state index contributed by atoms with van der Waals surface area (Å²) < 4.78 is 4.80. The van der Waals surface area contributed by atoms with Crippen molar-refractivity contribution >= 4 is 5.97 Å². The van der Waals surface area contributed by atoms with Crippen molar-refractivity contribution in [2.75, 3.05) is 27.2 Å². The highest BCUT2D eigenvalue weighted by molar-refractivity contribution is 5.75. The van der Waals surface area contributed by atoms with E-state index in [0.29, 0.717) is 6.04 Å². The number of likely N-dealkylation sites (N-methyl/N-ethyl adjacent to an activating group) is 1. The van der Waals surface area contributed by atoms with Crippen LogP contribution in [0.15, 0.2) is 0 Å². The zero-order valence-corrected chi connectivity index (χ0v) is 10.1. The average molecular weight is 214 g/mol. The molecule has 0 bridgehead atoms. The maximum Gasteiger partial charge on any atom is 0.323 e. The van der Waals surface area contributed by atoms with Crippen molar-refractivity contribution in [2.45, 2.75) is 32.4 Å². The van der Waals surface area contributed by atoms with Crippen molar-refractivity contribution in [3.8, 4) is 0 Å². The molecule has 0 aromatic rings. The molecule has 0 amide bonds. The minimum absolute atomic E-state index is 0.153. The molecule has 0 spiro atoms. The Hall–Kier alpha value is -0.610. The Labute approximate surface area is 92.0 Å². The third kappa shape index (κ3) is 3.47. The van der Waals surface area contributed by atoms with Crippen LogP contribution in [0, 0.1) is 5.92 Å². The molecule has 1 saturated heterocycles. The molecule has 0 aliphatic carbocycles. The minimum Gasteiger partial charge on any atom is -0.468 e. The Kier molecular flexibility index (Phi) is 4.54. The zero-order chi connectivity index (χ0) is 11.4. The van der Waals surface area contributed by atoms with Crippen LogP contribution in [0.3, 0.4) is 0 Å². The number of likely N-dealkylation sites (tertiary alicyclic amines) is 1. The van der Waals surface area contributed by atoms with Crippen LogP contribution < -0.4 is 5.32 Å². The Morgan fingerprint density at radius 1 is 1.53 bits per heavy atom. The lowest BCUT2D eigenvalue weighted by atomic mass is 10.0. The van der Waals surface area contributed by atoms with Crippen LogP contribution in [0.1, 0.15) is 20.3 Å². The average Bonchev–Trinajstić information content (AvgIpc) is 2.59. The van der Waals surface area contributed by atoms with Gasteiger partial charge < -0.3 is 15.0 Å². The first-order chi connectivity index (χ1) is 7.04. The maximum absolute atomic E-state index is 11.5. The van der Waals surface area contributed by atoms with Gasteiger partial charge in [0.05, 0.1) is 7.11 Å². The quantitative estimate of drug-likeness (QED) is 0.691. The summed E-state index contributed by atoms with van der Waals surface area (Å²) in [6.45, 7) is 6.18.